The highest BCUT2D eigenvalue weighted by atomic mass is 32.1. The maximum Gasteiger partial charge on any atom is 0.0900 e. The molecule has 3 N–H and O–H groups in total. The first-order valence-electron chi connectivity index (χ1n) is 7.17. The number of thiazole rings is 1. The fourth-order valence-electron chi connectivity index (χ4n) is 3.53. The van der Waals surface area contributed by atoms with Gasteiger partial charge >= 0.3 is 0 Å². The van der Waals surface area contributed by atoms with Crippen LogP contribution in [-0.2, 0) is 4.74 Å². The molecule has 2 atom stereocenters. The van der Waals surface area contributed by atoms with Crippen molar-refractivity contribution in [2.24, 2.45) is 11.8 Å². The van der Waals surface area contributed by atoms with Crippen molar-refractivity contribution in [3.8, 4) is 0 Å². The standard InChI is InChI=1S/C14H23N3OS/c1-9-13(19-10(2)16-9)12(17-15)11-4-7-18-14(8-11)5-3-6-14/h11-12,17H,3-8,15H2,1-2H3. The molecule has 106 valence electrons. The fourth-order valence-corrected chi connectivity index (χ4v) is 4.61. The van der Waals surface area contributed by atoms with E-state index in [-0.39, 0.29) is 11.6 Å². The third kappa shape index (κ3) is 2.44. The molecule has 5 heteroatoms. The molecule has 19 heavy (non-hydrogen) atoms. The second-order valence-electron chi connectivity index (χ2n) is 5.96. The van der Waals surface area contributed by atoms with Crippen LogP contribution in [0.4, 0.5) is 0 Å². The number of nitrogens with zero attached hydrogens (tertiary/aromatic N) is 1. The maximum atomic E-state index is 6.02. The number of rotatable bonds is 3. The van der Waals surface area contributed by atoms with E-state index >= 15 is 0 Å². The molecule has 1 aliphatic heterocycles. The van der Waals surface area contributed by atoms with Gasteiger partial charge in [0.05, 0.1) is 22.3 Å². The third-order valence-corrected chi connectivity index (χ3v) is 5.82. The summed E-state index contributed by atoms with van der Waals surface area (Å²) in [7, 11) is 0. The Kier molecular flexibility index (Phi) is 3.64. The molecule has 0 radical (unpaired) electrons. The van der Waals surface area contributed by atoms with E-state index in [0.717, 1.165) is 30.2 Å². The zero-order valence-electron chi connectivity index (χ0n) is 11.7. The van der Waals surface area contributed by atoms with Crippen LogP contribution in [0.3, 0.4) is 0 Å². The molecule has 1 saturated heterocycles. The molecule has 1 aromatic heterocycles. The third-order valence-electron chi connectivity index (χ3n) is 4.67. The molecule has 2 fully saturated rings. The number of ether oxygens (including phenoxy) is 1. The highest BCUT2D eigenvalue weighted by Gasteiger charge is 2.44. The van der Waals surface area contributed by atoms with Crippen molar-refractivity contribution >= 4 is 11.3 Å². The van der Waals surface area contributed by atoms with E-state index in [9.17, 15) is 0 Å². The Bertz CT molecular complexity index is 456. The van der Waals surface area contributed by atoms with Crippen LogP contribution in [0.1, 0.15) is 53.7 Å². The van der Waals surface area contributed by atoms with Gasteiger partial charge in [0, 0.05) is 11.5 Å². The molecule has 1 aromatic rings. The second kappa shape index (κ2) is 5.13. The highest BCUT2D eigenvalue weighted by Crippen LogP contribution is 2.47. The molecule has 0 aromatic carbocycles. The molecule has 4 nitrogen and oxygen atoms in total. The molecular weight excluding hydrogens is 258 g/mol. The Balaban J connectivity index is 1.80. The van der Waals surface area contributed by atoms with Crippen molar-refractivity contribution in [1.82, 2.24) is 10.4 Å². The van der Waals surface area contributed by atoms with Gasteiger partial charge in [0.15, 0.2) is 0 Å². The maximum absolute atomic E-state index is 6.02. The summed E-state index contributed by atoms with van der Waals surface area (Å²) in [6.07, 6.45) is 5.99. The molecular formula is C14H23N3OS. The minimum Gasteiger partial charge on any atom is -0.375 e. The summed E-state index contributed by atoms with van der Waals surface area (Å²) in [6, 6.07) is 0.229. The smallest absolute Gasteiger partial charge is 0.0900 e. The van der Waals surface area contributed by atoms with Gasteiger partial charge < -0.3 is 4.74 Å². The quantitative estimate of drug-likeness (QED) is 0.660. The molecule has 1 saturated carbocycles. The number of nitrogens with one attached hydrogen (secondary N) is 1. The van der Waals surface area contributed by atoms with Crippen LogP contribution < -0.4 is 11.3 Å². The lowest BCUT2D eigenvalue weighted by Crippen LogP contribution is -2.48. The molecule has 2 aliphatic rings. The van der Waals surface area contributed by atoms with E-state index in [4.69, 9.17) is 10.6 Å². The van der Waals surface area contributed by atoms with Crippen molar-refractivity contribution in [2.45, 2.75) is 57.6 Å². The van der Waals surface area contributed by atoms with Crippen molar-refractivity contribution in [3.05, 3.63) is 15.6 Å². The summed E-state index contributed by atoms with van der Waals surface area (Å²) in [5, 5.41) is 1.12. The van der Waals surface area contributed by atoms with Gasteiger partial charge in [-0.15, -0.1) is 11.3 Å². The average molecular weight is 281 g/mol. The van der Waals surface area contributed by atoms with Gasteiger partial charge in [-0.25, -0.2) is 4.98 Å². The molecule has 0 bridgehead atoms. The summed E-state index contributed by atoms with van der Waals surface area (Å²) in [5.41, 5.74) is 4.34. The first-order chi connectivity index (χ1) is 9.13. The minimum absolute atomic E-state index is 0.172. The Hall–Kier alpha value is -0.490. The number of aromatic nitrogens is 1. The Morgan fingerprint density at radius 2 is 2.26 bits per heavy atom. The van der Waals surface area contributed by atoms with Gasteiger partial charge in [-0.2, -0.15) is 0 Å². The Morgan fingerprint density at radius 1 is 1.47 bits per heavy atom. The summed E-state index contributed by atoms with van der Waals surface area (Å²) in [4.78, 5) is 5.84. The lowest BCUT2D eigenvalue weighted by atomic mass is 9.70. The lowest BCUT2D eigenvalue weighted by Gasteiger charge is -2.48. The Labute approximate surface area is 118 Å². The average Bonchev–Trinajstić information content (AvgIpc) is 2.68. The van der Waals surface area contributed by atoms with E-state index in [1.807, 2.05) is 0 Å². The van der Waals surface area contributed by atoms with Crippen LogP contribution >= 0.6 is 11.3 Å². The Morgan fingerprint density at radius 3 is 2.79 bits per heavy atom. The molecule has 1 aliphatic carbocycles. The van der Waals surface area contributed by atoms with E-state index < -0.39 is 0 Å². The first kappa shape index (κ1) is 13.5. The largest absolute Gasteiger partial charge is 0.375 e. The fraction of sp³-hybridized carbons (Fsp3) is 0.786. The van der Waals surface area contributed by atoms with Crippen molar-refractivity contribution < 1.29 is 4.74 Å². The second-order valence-corrected chi connectivity index (χ2v) is 7.20. The monoisotopic (exact) mass is 281 g/mol. The summed E-state index contributed by atoms with van der Waals surface area (Å²) >= 11 is 1.77. The molecule has 3 rings (SSSR count). The van der Waals surface area contributed by atoms with Crippen LogP contribution in [0, 0.1) is 19.8 Å². The number of hydrogen-bond donors (Lipinski definition) is 2. The lowest BCUT2D eigenvalue weighted by molar-refractivity contribution is -0.147. The van der Waals surface area contributed by atoms with Crippen molar-refractivity contribution in [2.75, 3.05) is 6.61 Å². The van der Waals surface area contributed by atoms with Crippen LogP contribution in [0.2, 0.25) is 0 Å². The number of nitrogens with two attached hydrogens (primary N) is 1. The van der Waals surface area contributed by atoms with Gasteiger partial charge in [0.25, 0.3) is 0 Å². The number of hydrazine groups is 1. The molecule has 2 unspecified atom stereocenters. The zero-order chi connectivity index (χ0) is 13.5. The van der Waals surface area contributed by atoms with Crippen LogP contribution in [0.25, 0.3) is 0 Å². The predicted molar refractivity (Wildman–Crippen MR) is 76.9 cm³/mol. The molecule has 0 amide bonds. The van der Waals surface area contributed by atoms with Gasteiger partial charge in [0.1, 0.15) is 0 Å². The van der Waals surface area contributed by atoms with Gasteiger partial charge in [-0.1, -0.05) is 0 Å². The molecule has 2 heterocycles. The van der Waals surface area contributed by atoms with E-state index in [2.05, 4.69) is 24.3 Å². The van der Waals surface area contributed by atoms with Gasteiger partial charge in [-0.05, 0) is 51.9 Å². The van der Waals surface area contributed by atoms with E-state index in [1.54, 1.807) is 11.3 Å². The first-order valence-corrected chi connectivity index (χ1v) is 7.99. The summed E-state index contributed by atoms with van der Waals surface area (Å²) in [6.45, 7) is 5.02. The van der Waals surface area contributed by atoms with E-state index in [0.29, 0.717) is 5.92 Å². The number of hydrogen-bond acceptors (Lipinski definition) is 5. The number of aryl methyl sites for hydroxylation is 2. The normalized spacial score (nSPS) is 27.2. The van der Waals surface area contributed by atoms with E-state index in [1.165, 1.54) is 24.1 Å². The van der Waals surface area contributed by atoms with Gasteiger partial charge in [0.2, 0.25) is 0 Å². The van der Waals surface area contributed by atoms with Crippen LogP contribution in [-0.4, -0.2) is 17.2 Å². The van der Waals surface area contributed by atoms with Crippen LogP contribution in [0.5, 0.6) is 0 Å². The predicted octanol–water partition coefficient (Wildman–Crippen LogP) is 2.61. The molecule has 1 spiro atoms. The topological polar surface area (TPSA) is 60.2 Å². The van der Waals surface area contributed by atoms with Gasteiger partial charge in [-0.3, -0.25) is 11.3 Å². The summed E-state index contributed by atoms with van der Waals surface area (Å²) < 4.78 is 6.02. The SMILES string of the molecule is Cc1nc(C)c(C(NN)C2CCOC3(CCC3)C2)s1. The minimum atomic E-state index is 0.172. The highest BCUT2D eigenvalue weighted by molar-refractivity contribution is 7.11. The summed E-state index contributed by atoms with van der Waals surface area (Å²) in [5.74, 6) is 6.42. The van der Waals surface area contributed by atoms with Crippen molar-refractivity contribution in [1.29, 1.82) is 0 Å². The van der Waals surface area contributed by atoms with Crippen LogP contribution in [0.15, 0.2) is 0 Å². The van der Waals surface area contributed by atoms with Crippen molar-refractivity contribution in [3.63, 3.8) is 0 Å². The zero-order valence-corrected chi connectivity index (χ0v) is 12.6.